The smallest absolute Gasteiger partial charge is 0.356 e. The lowest BCUT2D eigenvalue weighted by molar-refractivity contribution is -0.140. The molecule has 0 spiro atoms. The number of hydrogen-bond donors (Lipinski definition) is 1. The summed E-state index contributed by atoms with van der Waals surface area (Å²) in [6.45, 7) is 4.06. The topological polar surface area (TPSA) is 92.5 Å². The van der Waals surface area contributed by atoms with Crippen molar-refractivity contribution >= 4 is 17.8 Å². The van der Waals surface area contributed by atoms with Gasteiger partial charge in [0.2, 0.25) is 11.8 Å². The molecule has 19 heavy (non-hydrogen) atoms. The number of carboxylic acids is 1. The van der Waals surface area contributed by atoms with Crippen molar-refractivity contribution in [1.29, 1.82) is 0 Å². The highest BCUT2D eigenvalue weighted by Gasteiger charge is 2.44. The van der Waals surface area contributed by atoms with Crippen LogP contribution >= 0.6 is 0 Å². The van der Waals surface area contributed by atoms with E-state index in [2.05, 4.69) is 4.98 Å². The highest BCUT2D eigenvalue weighted by Crippen LogP contribution is 2.31. The second-order valence-electron chi connectivity index (χ2n) is 5.21. The Kier molecular flexibility index (Phi) is 3.13. The first-order valence-electron chi connectivity index (χ1n) is 5.91. The number of amides is 2. The SMILES string of the molecule is CC1(C)CC(=O)N(CCn2cnc(C(=O)O)c2)C1=O. The summed E-state index contributed by atoms with van der Waals surface area (Å²) in [7, 11) is 0. The zero-order valence-electron chi connectivity index (χ0n) is 10.8. The molecule has 7 nitrogen and oxygen atoms in total. The van der Waals surface area contributed by atoms with Gasteiger partial charge in [0, 0.05) is 25.7 Å². The van der Waals surface area contributed by atoms with Gasteiger partial charge in [-0.25, -0.2) is 9.78 Å². The molecule has 2 heterocycles. The summed E-state index contributed by atoms with van der Waals surface area (Å²) in [5.74, 6) is -1.47. The van der Waals surface area contributed by atoms with Gasteiger partial charge in [0.25, 0.3) is 0 Å². The van der Waals surface area contributed by atoms with E-state index in [1.807, 2.05) is 0 Å². The van der Waals surface area contributed by atoms with E-state index in [9.17, 15) is 14.4 Å². The van der Waals surface area contributed by atoms with Crippen LogP contribution in [0.3, 0.4) is 0 Å². The maximum absolute atomic E-state index is 12.0. The molecule has 1 fully saturated rings. The molecule has 1 aliphatic rings. The third-order valence-corrected chi connectivity index (χ3v) is 3.15. The third-order valence-electron chi connectivity index (χ3n) is 3.15. The molecule has 1 aromatic rings. The van der Waals surface area contributed by atoms with Crippen molar-refractivity contribution in [2.45, 2.75) is 26.8 Å². The van der Waals surface area contributed by atoms with Gasteiger partial charge in [0.15, 0.2) is 5.69 Å². The monoisotopic (exact) mass is 265 g/mol. The maximum Gasteiger partial charge on any atom is 0.356 e. The molecule has 2 amide bonds. The van der Waals surface area contributed by atoms with Crippen LogP contribution in [-0.2, 0) is 16.1 Å². The van der Waals surface area contributed by atoms with E-state index in [1.165, 1.54) is 17.4 Å². The quantitative estimate of drug-likeness (QED) is 0.794. The first kappa shape index (κ1) is 13.3. The van der Waals surface area contributed by atoms with Crippen LogP contribution in [0.2, 0.25) is 0 Å². The number of aromatic carboxylic acids is 1. The third kappa shape index (κ3) is 2.49. The van der Waals surface area contributed by atoms with Crippen molar-refractivity contribution in [3.63, 3.8) is 0 Å². The highest BCUT2D eigenvalue weighted by molar-refractivity contribution is 6.05. The Morgan fingerprint density at radius 1 is 1.42 bits per heavy atom. The Hall–Kier alpha value is -2.18. The second kappa shape index (κ2) is 4.49. The zero-order chi connectivity index (χ0) is 14.2. The Morgan fingerprint density at radius 2 is 2.11 bits per heavy atom. The highest BCUT2D eigenvalue weighted by atomic mass is 16.4. The van der Waals surface area contributed by atoms with Crippen LogP contribution in [0, 0.1) is 5.41 Å². The lowest BCUT2D eigenvalue weighted by atomic mass is 9.92. The van der Waals surface area contributed by atoms with Gasteiger partial charge >= 0.3 is 5.97 Å². The minimum Gasteiger partial charge on any atom is -0.476 e. The minimum absolute atomic E-state index is 0.0561. The summed E-state index contributed by atoms with van der Waals surface area (Å²) in [5.41, 5.74) is -0.697. The van der Waals surface area contributed by atoms with E-state index < -0.39 is 11.4 Å². The number of hydrogen-bond acceptors (Lipinski definition) is 4. The number of carbonyl (C=O) groups is 3. The molecule has 0 radical (unpaired) electrons. The zero-order valence-corrected chi connectivity index (χ0v) is 10.8. The van der Waals surface area contributed by atoms with Crippen LogP contribution < -0.4 is 0 Å². The van der Waals surface area contributed by atoms with Crippen molar-refractivity contribution in [2.75, 3.05) is 6.54 Å². The first-order valence-corrected chi connectivity index (χ1v) is 5.91. The summed E-state index contributed by atoms with van der Waals surface area (Å²) in [6, 6.07) is 0. The standard InChI is InChI=1S/C12H15N3O4/c1-12(2)5-9(16)15(11(12)19)4-3-14-6-8(10(17)18)13-7-14/h6-7H,3-5H2,1-2H3,(H,17,18). The molecular formula is C12H15N3O4. The molecule has 1 saturated heterocycles. The molecule has 102 valence electrons. The first-order chi connectivity index (χ1) is 8.81. The number of carboxylic acid groups (broad SMARTS) is 1. The number of likely N-dealkylation sites (tertiary alicyclic amines) is 1. The molecule has 7 heteroatoms. The fourth-order valence-electron chi connectivity index (χ4n) is 2.06. The van der Waals surface area contributed by atoms with Crippen LogP contribution in [0.5, 0.6) is 0 Å². The van der Waals surface area contributed by atoms with E-state index in [-0.39, 0.29) is 30.5 Å². The van der Waals surface area contributed by atoms with Crippen molar-refractivity contribution in [3.8, 4) is 0 Å². The van der Waals surface area contributed by atoms with Gasteiger partial charge in [0.05, 0.1) is 11.7 Å². The number of nitrogens with zero attached hydrogens (tertiary/aromatic N) is 3. The predicted octanol–water partition coefficient (Wildman–Crippen LogP) is 0.366. The molecule has 1 aromatic heterocycles. The number of aromatic nitrogens is 2. The van der Waals surface area contributed by atoms with Gasteiger partial charge in [0.1, 0.15) is 0 Å². The predicted molar refractivity (Wildman–Crippen MR) is 64.3 cm³/mol. The number of imide groups is 1. The van der Waals surface area contributed by atoms with Crippen molar-refractivity contribution in [3.05, 3.63) is 18.2 Å². The largest absolute Gasteiger partial charge is 0.476 e. The van der Waals surface area contributed by atoms with Gasteiger partial charge in [-0.1, -0.05) is 13.8 Å². The minimum atomic E-state index is -1.10. The van der Waals surface area contributed by atoms with E-state index in [1.54, 1.807) is 18.4 Å². The lowest BCUT2D eigenvalue weighted by Gasteiger charge is -2.17. The summed E-state index contributed by atoms with van der Waals surface area (Å²) in [6.07, 6.45) is 2.97. The Labute approximate surface area is 109 Å². The van der Waals surface area contributed by atoms with Crippen LogP contribution in [0.25, 0.3) is 0 Å². The van der Waals surface area contributed by atoms with Crippen LogP contribution in [-0.4, -0.2) is 43.9 Å². The summed E-state index contributed by atoms with van der Waals surface area (Å²) in [5, 5.41) is 8.74. The molecule has 2 rings (SSSR count). The molecule has 0 aromatic carbocycles. The average molecular weight is 265 g/mol. The molecule has 0 saturated carbocycles. The summed E-state index contributed by atoms with van der Waals surface area (Å²) in [4.78, 5) is 39.3. The van der Waals surface area contributed by atoms with Gasteiger partial charge < -0.3 is 9.67 Å². The second-order valence-corrected chi connectivity index (χ2v) is 5.21. The Morgan fingerprint density at radius 3 is 2.58 bits per heavy atom. The fourth-order valence-corrected chi connectivity index (χ4v) is 2.06. The van der Waals surface area contributed by atoms with E-state index in [0.717, 1.165) is 0 Å². The maximum atomic E-state index is 12.0. The van der Waals surface area contributed by atoms with E-state index in [0.29, 0.717) is 6.54 Å². The van der Waals surface area contributed by atoms with Crippen LogP contribution in [0.1, 0.15) is 30.8 Å². The van der Waals surface area contributed by atoms with Crippen LogP contribution in [0.4, 0.5) is 0 Å². The van der Waals surface area contributed by atoms with Gasteiger partial charge in [-0.05, 0) is 0 Å². The van der Waals surface area contributed by atoms with Gasteiger partial charge in [-0.2, -0.15) is 0 Å². The molecule has 1 aliphatic heterocycles. The van der Waals surface area contributed by atoms with E-state index in [4.69, 9.17) is 5.11 Å². The van der Waals surface area contributed by atoms with E-state index >= 15 is 0 Å². The Balaban J connectivity index is 2.01. The number of imidazole rings is 1. The lowest BCUT2D eigenvalue weighted by Crippen LogP contribution is -2.35. The fraction of sp³-hybridized carbons (Fsp3) is 0.500. The molecule has 0 aliphatic carbocycles. The molecule has 0 atom stereocenters. The van der Waals surface area contributed by atoms with Crippen molar-refractivity contribution < 1.29 is 19.5 Å². The number of rotatable bonds is 4. The normalized spacial score (nSPS) is 18.1. The van der Waals surface area contributed by atoms with Gasteiger partial charge in [-0.3, -0.25) is 14.5 Å². The molecule has 0 unspecified atom stereocenters. The molecule has 0 bridgehead atoms. The summed E-state index contributed by atoms with van der Waals surface area (Å²) >= 11 is 0. The molecular weight excluding hydrogens is 250 g/mol. The average Bonchev–Trinajstić information content (AvgIpc) is 2.83. The van der Waals surface area contributed by atoms with Gasteiger partial charge in [-0.15, -0.1) is 0 Å². The van der Waals surface area contributed by atoms with Crippen molar-refractivity contribution in [1.82, 2.24) is 14.5 Å². The van der Waals surface area contributed by atoms with Crippen molar-refractivity contribution in [2.24, 2.45) is 5.41 Å². The Bertz CT molecular complexity index is 547. The van der Waals surface area contributed by atoms with Crippen LogP contribution in [0.15, 0.2) is 12.5 Å². The number of carbonyl (C=O) groups excluding carboxylic acids is 2. The molecule has 1 N–H and O–H groups in total. The summed E-state index contributed by atoms with van der Waals surface area (Å²) < 4.78 is 1.55.